The van der Waals surface area contributed by atoms with Crippen molar-refractivity contribution in [3.05, 3.63) is 24.3 Å². The summed E-state index contributed by atoms with van der Waals surface area (Å²) in [7, 11) is 2.14. The molecule has 18 heavy (non-hydrogen) atoms. The zero-order valence-corrected chi connectivity index (χ0v) is 10.9. The fourth-order valence-electron chi connectivity index (χ4n) is 2.53. The molecule has 100 valence electrons. The van der Waals surface area contributed by atoms with Crippen molar-refractivity contribution in [2.24, 2.45) is 17.6 Å². The molecule has 0 amide bonds. The van der Waals surface area contributed by atoms with E-state index in [1.165, 1.54) is 6.42 Å². The average Bonchev–Trinajstić information content (AvgIpc) is 2.79. The Hall–Kier alpha value is -1.26. The van der Waals surface area contributed by atoms with Crippen molar-refractivity contribution in [3.8, 4) is 11.5 Å². The van der Waals surface area contributed by atoms with Gasteiger partial charge < -0.3 is 20.5 Å². The predicted molar refractivity (Wildman–Crippen MR) is 71.8 cm³/mol. The molecule has 1 aromatic rings. The third-order valence-electron chi connectivity index (χ3n) is 3.72. The number of ether oxygens (including phenoxy) is 1. The van der Waals surface area contributed by atoms with E-state index >= 15 is 0 Å². The Morgan fingerprint density at radius 2 is 2.28 bits per heavy atom. The highest BCUT2D eigenvalue weighted by Crippen LogP contribution is 2.27. The maximum atomic E-state index is 9.64. The molecule has 0 bridgehead atoms. The van der Waals surface area contributed by atoms with E-state index in [2.05, 4.69) is 11.9 Å². The van der Waals surface area contributed by atoms with Crippen molar-refractivity contribution in [2.45, 2.75) is 6.42 Å². The third-order valence-corrected chi connectivity index (χ3v) is 3.72. The van der Waals surface area contributed by atoms with Gasteiger partial charge in [-0.05, 0) is 44.6 Å². The van der Waals surface area contributed by atoms with E-state index in [1.54, 1.807) is 18.2 Å². The summed E-state index contributed by atoms with van der Waals surface area (Å²) in [6.07, 6.45) is 1.18. The molecule has 1 aliphatic rings. The van der Waals surface area contributed by atoms with Crippen LogP contribution >= 0.6 is 0 Å². The van der Waals surface area contributed by atoms with Crippen LogP contribution in [0.4, 0.5) is 0 Å². The lowest BCUT2D eigenvalue weighted by atomic mass is 9.92. The molecule has 1 saturated heterocycles. The second kappa shape index (κ2) is 6.07. The van der Waals surface area contributed by atoms with E-state index in [0.717, 1.165) is 13.1 Å². The molecule has 1 aromatic carbocycles. The van der Waals surface area contributed by atoms with E-state index in [0.29, 0.717) is 30.7 Å². The van der Waals surface area contributed by atoms with Crippen LogP contribution in [0.5, 0.6) is 11.5 Å². The Balaban J connectivity index is 1.89. The van der Waals surface area contributed by atoms with Gasteiger partial charge >= 0.3 is 0 Å². The summed E-state index contributed by atoms with van der Waals surface area (Å²) in [4.78, 5) is 2.33. The number of nitrogens with two attached hydrogens (primary N) is 1. The molecule has 0 aromatic heterocycles. The number of para-hydroxylation sites is 2. The van der Waals surface area contributed by atoms with Crippen molar-refractivity contribution in [1.82, 2.24) is 4.90 Å². The van der Waals surface area contributed by atoms with Gasteiger partial charge in [-0.1, -0.05) is 12.1 Å². The lowest BCUT2D eigenvalue weighted by Gasteiger charge is -2.22. The van der Waals surface area contributed by atoms with E-state index in [4.69, 9.17) is 10.5 Å². The molecule has 2 unspecified atom stereocenters. The topological polar surface area (TPSA) is 58.7 Å². The van der Waals surface area contributed by atoms with Gasteiger partial charge in [-0.3, -0.25) is 0 Å². The molecule has 3 N–H and O–H groups in total. The summed E-state index contributed by atoms with van der Waals surface area (Å²) in [6.45, 7) is 3.43. The number of nitrogens with zero attached hydrogens (tertiary/aromatic N) is 1. The average molecular weight is 250 g/mol. The minimum absolute atomic E-state index is 0.191. The summed E-state index contributed by atoms with van der Waals surface area (Å²) in [5, 5.41) is 9.64. The number of benzene rings is 1. The van der Waals surface area contributed by atoms with E-state index in [-0.39, 0.29) is 5.75 Å². The molecule has 0 saturated carbocycles. The van der Waals surface area contributed by atoms with Gasteiger partial charge in [-0.25, -0.2) is 0 Å². The minimum atomic E-state index is 0.191. The highest BCUT2D eigenvalue weighted by Gasteiger charge is 2.27. The first-order valence-electron chi connectivity index (χ1n) is 6.50. The Bertz CT molecular complexity index is 384. The molecule has 0 radical (unpaired) electrons. The van der Waals surface area contributed by atoms with Gasteiger partial charge in [0.1, 0.15) is 0 Å². The largest absolute Gasteiger partial charge is 0.504 e. The molecule has 0 aliphatic carbocycles. The van der Waals surface area contributed by atoms with Crippen LogP contribution in [0.2, 0.25) is 0 Å². The maximum absolute atomic E-state index is 9.64. The van der Waals surface area contributed by atoms with Crippen molar-refractivity contribution >= 4 is 0 Å². The third kappa shape index (κ3) is 3.15. The Labute approximate surface area is 108 Å². The van der Waals surface area contributed by atoms with Gasteiger partial charge in [0.2, 0.25) is 0 Å². The maximum Gasteiger partial charge on any atom is 0.160 e. The number of aromatic hydroxyl groups is 1. The molecular weight excluding hydrogens is 228 g/mol. The SMILES string of the molecule is CN1CCC(C(CN)COc2ccccc2O)C1. The zero-order chi connectivity index (χ0) is 13.0. The van der Waals surface area contributed by atoms with Gasteiger partial charge in [0.05, 0.1) is 6.61 Å². The molecule has 1 fully saturated rings. The fraction of sp³-hybridized carbons (Fsp3) is 0.571. The first-order chi connectivity index (χ1) is 8.70. The Morgan fingerprint density at radius 3 is 2.89 bits per heavy atom. The summed E-state index contributed by atoms with van der Waals surface area (Å²) < 4.78 is 5.69. The number of likely N-dealkylation sites (tertiary alicyclic amines) is 1. The summed E-state index contributed by atoms with van der Waals surface area (Å²) in [5.41, 5.74) is 5.84. The van der Waals surface area contributed by atoms with Crippen molar-refractivity contribution in [2.75, 3.05) is 33.3 Å². The lowest BCUT2D eigenvalue weighted by molar-refractivity contribution is 0.194. The number of phenols is 1. The molecule has 2 atom stereocenters. The van der Waals surface area contributed by atoms with Crippen LogP contribution in [0.3, 0.4) is 0 Å². The first-order valence-corrected chi connectivity index (χ1v) is 6.50. The molecule has 0 spiro atoms. The number of hydrogen-bond acceptors (Lipinski definition) is 4. The molecule has 1 heterocycles. The molecule has 4 nitrogen and oxygen atoms in total. The quantitative estimate of drug-likeness (QED) is 0.827. The van der Waals surface area contributed by atoms with Crippen LogP contribution in [-0.4, -0.2) is 43.3 Å². The fourth-order valence-corrected chi connectivity index (χ4v) is 2.53. The number of hydrogen-bond donors (Lipinski definition) is 2. The van der Waals surface area contributed by atoms with Crippen LogP contribution in [-0.2, 0) is 0 Å². The standard InChI is InChI=1S/C14H22N2O2/c1-16-7-6-11(9-16)12(8-15)10-18-14-5-3-2-4-13(14)17/h2-5,11-12,17H,6-10,15H2,1H3. The minimum Gasteiger partial charge on any atom is -0.504 e. The summed E-state index contributed by atoms with van der Waals surface area (Å²) in [5.74, 6) is 1.69. The van der Waals surface area contributed by atoms with E-state index in [9.17, 15) is 5.11 Å². The number of rotatable bonds is 5. The van der Waals surface area contributed by atoms with Gasteiger partial charge in [0.15, 0.2) is 11.5 Å². The van der Waals surface area contributed by atoms with Gasteiger partial charge in [-0.15, -0.1) is 0 Å². The van der Waals surface area contributed by atoms with Crippen molar-refractivity contribution in [1.29, 1.82) is 0 Å². The monoisotopic (exact) mass is 250 g/mol. The second-order valence-electron chi connectivity index (χ2n) is 5.09. The van der Waals surface area contributed by atoms with Crippen molar-refractivity contribution in [3.63, 3.8) is 0 Å². The van der Waals surface area contributed by atoms with Crippen LogP contribution in [0.25, 0.3) is 0 Å². The normalized spacial score (nSPS) is 22.0. The summed E-state index contributed by atoms with van der Waals surface area (Å²) in [6, 6.07) is 7.06. The zero-order valence-electron chi connectivity index (χ0n) is 10.9. The van der Waals surface area contributed by atoms with Gasteiger partial charge in [0, 0.05) is 12.5 Å². The van der Waals surface area contributed by atoms with Crippen LogP contribution in [0, 0.1) is 11.8 Å². The Kier molecular flexibility index (Phi) is 4.44. The highest BCUT2D eigenvalue weighted by molar-refractivity contribution is 5.37. The molecule has 2 rings (SSSR count). The molecular formula is C14H22N2O2. The Morgan fingerprint density at radius 1 is 1.50 bits per heavy atom. The van der Waals surface area contributed by atoms with Crippen LogP contribution in [0.15, 0.2) is 24.3 Å². The molecule has 4 heteroatoms. The molecule has 1 aliphatic heterocycles. The first kappa shape index (κ1) is 13.2. The van der Waals surface area contributed by atoms with Gasteiger partial charge in [0.25, 0.3) is 0 Å². The highest BCUT2D eigenvalue weighted by atomic mass is 16.5. The van der Waals surface area contributed by atoms with E-state index < -0.39 is 0 Å². The number of phenolic OH excluding ortho intramolecular Hbond substituents is 1. The van der Waals surface area contributed by atoms with Gasteiger partial charge in [-0.2, -0.15) is 0 Å². The summed E-state index contributed by atoms with van der Waals surface area (Å²) >= 11 is 0. The smallest absolute Gasteiger partial charge is 0.160 e. The van der Waals surface area contributed by atoms with Crippen molar-refractivity contribution < 1.29 is 9.84 Å². The van der Waals surface area contributed by atoms with E-state index in [1.807, 2.05) is 6.07 Å². The predicted octanol–water partition coefficient (Wildman–Crippen LogP) is 1.30. The lowest BCUT2D eigenvalue weighted by Crippen LogP contribution is -2.30. The van der Waals surface area contributed by atoms with Crippen LogP contribution < -0.4 is 10.5 Å². The van der Waals surface area contributed by atoms with Crippen LogP contribution in [0.1, 0.15) is 6.42 Å². The second-order valence-corrected chi connectivity index (χ2v) is 5.09.